The molecule has 1 atom stereocenters. The number of amides is 1. The average molecular weight is 366 g/mol. The van der Waals surface area contributed by atoms with Gasteiger partial charge in [-0.25, -0.2) is 9.18 Å². The first-order chi connectivity index (χ1) is 11.9. The highest BCUT2D eigenvalue weighted by Gasteiger charge is 2.20. The van der Waals surface area contributed by atoms with Crippen molar-refractivity contribution < 1.29 is 23.5 Å². The van der Waals surface area contributed by atoms with Gasteiger partial charge in [0.15, 0.2) is 6.10 Å². The Balaban J connectivity index is 2.00. The molecule has 0 radical (unpaired) electrons. The van der Waals surface area contributed by atoms with Gasteiger partial charge in [0, 0.05) is 7.11 Å². The van der Waals surface area contributed by atoms with E-state index in [2.05, 4.69) is 5.32 Å². The number of anilines is 1. The summed E-state index contributed by atoms with van der Waals surface area (Å²) in [5.74, 6) is -1.72. The van der Waals surface area contributed by atoms with Crippen LogP contribution in [0.2, 0.25) is 5.02 Å². The summed E-state index contributed by atoms with van der Waals surface area (Å²) in [5, 5.41) is 2.55. The molecule has 1 amide bonds. The lowest BCUT2D eigenvalue weighted by Crippen LogP contribution is -2.30. The second kappa shape index (κ2) is 8.60. The molecule has 2 aromatic rings. The largest absolute Gasteiger partial charge is 0.449 e. The van der Waals surface area contributed by atoms with E-state index >= 15 is 0 Å². The summed E-state index contributed by atoms with van der Waals surface area (Å²) in [6.45, 7) is 1.80. The quantitative estimate of drug-likeness (QED) is 0.790. The third kappa shape index (κ3) is 5.27. The lowest BCUT2D eigenvalue weighted by molar-refractivity contribution is -0.123. The van der Waals surface area contributed by atoms with Gasteiger partial charge in [-0.15, -0.1) is 0 Å². The number of methoxy groups -OCH3 is 1. The van der Waals surface area contributed by atoms with Gasteiger partial charge in [-0.1, -0.05) is 23.7 Å². The van der Waals surface area contributed by atoms with E-state index in [0.29, 0.717) is 12.2 Å². The van der Waals surface area contributed by atoms with Crippen LogP contribution in [0.4, 0.5) is 10.1 Å². The Labute approximate surface area is 149 Å². The Bertz CT molecular complexity index is 781. The molecule has 2 rings (SSSR count). The first kappa shape index (κ1) is 18.9. The zero-order valence-electron chi connectivity index (χ0n) is 13.7. The zero-order chi connectivity index (χ0) is 18.4. The SMILES string of the molecule is COCc1cccc(C(=O)O[C@@H](C)C(=O)Nc2ccc(F)cc2Cl)c1. The predicted molar refractivity (Wildman–Crippen MR) is 92.1 cm³/mol. The summed E-state index contributed by atoms with van der Waals surface area (Å²) >= 11 is 5.85. The minimum absolute atomic E-state index is 0.0548. The van der Waals surface area contributed by atoms with Crippen molar-refractivity contribution in [3.8, 4) is 0 Å². The summed E-state index contributed by atoms with van der Waals surface area (Å²) in [4.78, 5) is 24.3. The van der Waals surface area contributed by atoms with E-state index in [4.69, 9.17) is 21.1 Å². The summed E-state index contributed by atoms with van der Waals surface area (Å²) in [6, 6.07) is 10.3. The third-order valence-corrected chi connectivity index (χ3v) is 3.63. The van der Waals surface area contributed by atoms with Crippen LogP contribution in [0.5, 0.6) is 0 Å². The summed E-state index contributed by atoms with van der Waals surface area (Å²) in [5.41, 5.74) is 1.36. The van der Waals surface area contributed by atoms with Crippen molar-refractivity contribution in [2.24, 2.45) is 0 Å². The number of nitrogens with one attached hydrogen (secondary N) is 1. The number of carbonyl (C=O) groups is 2. The minimum Gasteiger partial charge on any atom is -0.449 e. The lowest BCUT2D eigenvalue weighted by Gasteiger charge is -2.14. The highest BCUT2D eigenvalue weighted by atomic mass is 35.5. The highest BCUT2D eigenvalue weighted by Crippen LogP contribution is 2.22. The minimum atomic E-state index is -1.06. The lowest BCUT2D eigenvalue weighted by atomic mass is 10.1. The maximum absolute atomic E-state index is 13.0. The Kier molecular flexibility index (Phi) is 6.50. The number of rotatable bonds is 6. The molecule has 0 aliphatic heterocycles. The van der Waals surface area contributed by atoms with Crippen LogP contribution in [0.3, 0.4) is 0 Å². The Morgan fingerprint density at radius 1 is 1.24 bits per heavy atom. The molecule has 0 aliphatic carbocycles. The van der Waals surface area contributed by atoms with Gasteiger partial charge >= 0.3 is 5.97 Å². The van der Waals surface area contributed by atoms with E-state index in [1.807, 2.05) is 6.07 Å². The highest BCUT2D eigenvalue weighted by molar-refractivity contribution is 6.33. The second-order valence-corrected chi connectivity index (χ2v) is 5.70. The van der Waals surface area contributed by atoms with Crippen molar-refractivity contribution in [1.82, 2.24) is 0 Å². The average Bonchev–Trinajstić information content (AvgIpc) is 2.57. The van der Waals surface area contributed by atoms with Crippen LogP contribution in [0, 0.1) is 5.82 Å². The maximum Gasteiger partial charge on any atom is 0.338 e. The van der Waals surface area contributed by atoms with Crippen molar-refractivity contribution in [3.63, 3.8) is 0 Å². The molecular formula is C18H17ClFNO4. The van der Waals surface area contributed by atoms with Crippen molar-refractivity contribution in [2.45, 2.75) is 19.6 Å². The van der Waals surface area contributed by atoms with E-state index in [-0.39, 0.29) is 10.7 Å². The standard InChI is InChI=1S/C18H17ClFNO4/c1-11(17(22)21-16-7-6-14(20)9-15(16)19)25-18(23)13-5-3-4-12(8-13)10-24-2/h3-9,11H,10H2,1-2H3,(H,21,22)/t11-/m0/s1. The van der Waals surface area contributed by atoms with Crippen molar-refractivity contribution in [2.75, 3.05) is 12.4 Å². The third-order valence-electron chi connectivity index (χ3n) is 3.32. The Morgan fingerprint density at radius 2 is 2.00 bits per heavy atom. The second-order valence-electron chi connectivity index (χ2n) is 5.29. The van der Waals surface area contributed by atoms with E-state index in [1.54, 1.807) is 25.3 Å². The fourth-order valence-electron chi connectivity index (χ4n) is 2.06. The number of ether oxygens (including phenoxy) is 2. The number of esters is 1. The first-order valence-corrected chi connectivity index (χ1v) is 7.83. The van der Waals surface area contributed by atoms with Crippen LogP contribution in [-0.2, 0) is 20.9 Å². The topological polar surface area (TPSA) is 64.6 Å². The van der Waals surface area contributed by atoms with Gasteiger partial charge in [-0.3, -0.25) is 4.79 Å². The number of hydrogen-bond acceptors (Lipinski definition) is 4. The molecule has 5 nitrogen and oxygen atoms in total. The number of hydrogen-bond donors (Lipinski definition) is 1. The van der Waals surface area contributed by atoms with Crippen LogP contribution in [0.25, 0.3) is 0 Å². The molecule has 0 saturated heterocycles. The van der Waals surface area contributed by atoms with Crippen molar-refractivity contribution >= 4 is 29.2 Å². The van der Waals surface area contributed by atoms with E-state index in [9.17, 15) is 14.0 Å². The van der Waals surface area contributed by atoms with Crippen LogP contribution < -0.4 is 5.32 Å². The van der Waals surface area contributed by atoms with Crippen LogP contribution >= 0.6 is 11.6 Å². The molecule has 0 saturated carbocycles. The number of carbonyl (C=O) groups excluding carboxylic acids is 2. The molecule has 0 spiro atoms. The van der Waals surface area contributed by atoms with Gasteiger partial charge in [0.05, 0.1) is 22.9 Å². The normalized spacial score (nSPS) is 11.7. The molecule has 0 unspecified atom stereocenters. The Morgan fingerprint density at radius 3 is 2.68 bits per heavy atom. The molecule has 0 bridgehead atoms. The van der Waals surface area contributed by atoms with Gasteiger partial charge in [0.25, 0.3) is 5.91 Å². The van der Waals surface area contributed by atoms with E-state index in [0.717, 1.165) is 11.6 Å². The van der Waals surface area contributed by atoms with Gasteiger partial charge in [0.2, 0.25) is 0 Å². The molecule has 0 aromatic heterocycles. The van der Waals surface area contributed by atoms with Crippen LogP contribution in [0.15, 0.2) is 42.5 Å². The van der Waals surface area contributed by atoms with E-state index < -0.39 is 23.8 Å². The summed E-state index contributed by atoms with van der Waals surface area (Å²) in [6.07, 6.45) is -1.06. The molecule has 0 aliphatic rings. The van der Waals surface area contributed by atoms with Crippen LogP contribution in [-0.4, -0.2) is 25.1 Å². The fraction of sp³-hybridized carbons (Fsp3) is 0.222. The fourth-order valence-corrected chi connectivity index (χ4v) is 2.28. The number of halogens is 2. The van der Waals surface area contributed by atoms with Gasteiger partial charge in [-0.05, 0) is 42.8 Å². The Hall–Kier alpha value is -2.44. The molecule has 2 aromatic carbocycles. The van der Waals surface area contributed by atoms with Crippen LogP contribution in [0.1, 0.15) is 22.8 Å². The zero-order valence-corrected chi connectivity index (χ0v) is 14.5. The van der Waals surface area contributed by atoms with Crippen molar-refractivity contribution in [3.05, 3.63) is 64.4 Å². The molecule has 132 valence electrons. The van der Waals surface area contributed by atoms with Crippen molar-refractivity contribution in [1.29, 1.82) is 0 Å². The van der Waals surface area contributed by atoms with Gasteiger partial charge < -0.3 is 14.8 Å². The monoisotopic (exact) mass is 365 g/mol. The van der Waals surface area contributed by atoms with Gasteiger partial charge in [0.1, 0.15) is 5.82 Å². The summed E-state index contributed by atoms with van der Waals surface area (Å²) < 4.78 is 23.2. The molecule has 25 heavy (non-hydrogen) atoms. The van der Waals surface area contributed by atoms with E-state index in [1.165, 1.54) is 19.1 Å². The van der Waals surface area contributed by atoms with Gasteiger partial charge in [-0.2, -0.15) is 0 Å². The molecule has 1 N–H and O–H groups in total. The smallest absolute Gasteiger partial charge is 0.338 e. The molecule has 7 heteroatoms. The molecule has 0 fully saturated rings. The molecule has 0 heterocycles. The maximum atomic E-state index is 13.0. The molecular weight excluding hydrogens is 349 g/mol. The summed E-state index contributed by atoms with van der Waals surface area (Å²) in [7, 11) is 1.55. The predicted octanol–water partition coefficient (Wildman–Crippen LogP) is 3.81. The number of benzene rings is 2. The first-order valence-electron chi connectivity index (χ1n) is 7.45.